The number of aromatic nitrogens is 1. The molecule has 0 unspecified atom stereocenters. The predicted octanol–water partition coefficient (Wildman–Crippen LogP) is 6.99. The number of H-pyrrole nitrogens is 1. The predicted molar refractivity (Wildman–Crippen MR) is 151 cm³/mol. The molecular weight excluding hydrogens is 507 g/mol. The number of carbonyl (C=O) groups excluding carboxylic acids is 2. The highest BCUT2D eigenvalue weighted by Gasteiger charge is 2.22. The number of fused-ring (bicyclic) bond motifs is 1. The number of para-hydroxylation sites is 1. The first kappa shape index (κ1) is 26.6. The maximum absolute atomic E-state index is 13.6. The average Bonchev–Trinajstić information content (AvgIpc) is 3.32. The lowest BCUT2D eigenvalue weighted by molar-refractivity contribution is -0.132. The maximum Gasteiger partial charge on any atom is 0.322 e. The summed E-state index contributed by atoms with van der Waals surface area (Å²) >= 11 is 12.3. The Labute approximate surface area is 227 Å². The number of carbonyl (C=O) groups is 2. The minimum Gasteiger partial charge on any atom is -0.361 e. The SMILES string of the molecule is CCCN(CC(=O)N(CCc1c[nH]c2ccccc12)Cc1ccccc1)C(=O)Nc1cccc(Cl)c1Cl. The quantitative estimate of drug-likeness (QED) is 0.229. The molecule has 2 N–H and O–H groups in total. The second-order valence-corrected chi connectivity index (χ2v) is 9.65. The fourth-order valence-corrected chi connectivity index (χ4v) is 4.62. The molecule has 0 atom stereocenters. The Bertz CT molecular complexity index is 1360. The van der Waals surface area contributed by atoms with E-state index in [1.54, 1.807) is 18.2 Å². The Morgan fingerprint density at radius 1 is 0.892 bits per heavy atom. The van der Waals surface area contributed by atoms with Crippen molar-refractivity contribution in [3.05, 3.63) is 100 Å². The van der Waals surface area contributed by atoms with Crippen LogP contribution >= 0.6 is 23.2 Å². The van der Waals surface area contributed by atoms with Crippen LogP contribution in [0.5, 0.6) is 0 Å². The number of rotatable bonds is 10. The number of benzene rings is 3. The summed E-state index contributed by atoms with van der Waals surface area (Å²) in [7, 11) is 0. The lowest BCUT2D eigenvalue weighted by Crippen LogP contribution is -2.45. The molecule has 1 aromatic heterocycles. The van der Waals surface area contributed by atoms with Gasteiger partial charge in [0.05, 0.1) is 15.7 Å². The van der Waals surface area contributed by atoms with Gasteiger partial charge in [-0.05, 0) is 42.2 Å². The zero-order chi connectivity index (χ0) is 26.2. The van der Waals surface area contributed by atoms with Gasteiger partial charge in [-0.15, -0.1) is 0 Å². The lowest BCUT2D eigenvalue weighted by Gasteiger charge is -2.28. The van der Waals surface area contributed by atoms with Crippen LogP contribution in [0.25, 0.3) is 10.9 Å². The highest BCUT2D eigenvalue weighted by atomic mass is 35.5. The van der Waals surface area contributed by atoms with E-state index >= 15 is 0 Å². The van der Waals surface area contributed by atoms with Crippen LogP contribution in [-0.4, -0.2) is 46.4 Å². The van der Waals surface area contributed by atoms with E-state index in [1.165, 1.54) is 4.90 Å². The van der Waals surface area contributed by atoms with Gasteiger partial charge in [-0.3, -0.25) is 4.79 Å². The minimum atomic E-state index is -0.393. The first-order chi connectivity index (χ1) is 18.0. The summed E-state index contributed by atoms with van der Waals surface area (Å²) in [6.45, 7) is 3.34. The van der Waals surface area contributed by atoms with Crippen molar-refractivity contribution in [1.82, 2.24) is 14.8 Å². The third kappa shape index (κ3) is 6.85. The molecule has 192 valence electrons. The van der Waals surface area contributed by atoms with Crippen LogP contribution in [0.15, 0.2) is 79.0 Å². The van der Waals surface area contributed by atoms with Gasteiger partial charge in [0.25, 0.3) is 0 Å². The standard InChI is InChI=1S/C29H30Cl2N4O2/c1-2-16-35(29(37)33-26-14-8-12-24(30)28(26)31)20-27(36)34(19-21-9-4-3-5-10-21)17-15-22-18-32-25-13-7-6-11-23(22)25/h3-14,18,32H,2,15-17,19-20H2,1H3,(H,33,37). The normalized spacial score (nSPS) is 10.9. The van der Waals surface area contributed by atoms with Crippen molar-refractivity contribution in [2.24, 2.45) is 0 Å². The van der Waals surface area contributed by atoms with Gasteiger partial charge in [-0.25, -0.2) is 4.79 Å². The molecule has 0 radical (unpaired) electrons. The molecular formula is C29H30Cl2N4O2. The van der Waals surface area contributed by atoms with Crippen molar-refractivity contribution < 1.29 is 9.59 Å². The zero-order valence-electron chi connectivity index (χ0n) is 20.7. The summed E-state index contributed by atoms with van der Waals surface area (Å²) in [5.74, 6) is -0.121. The first-order valence-corrected chi connectivity index (χ1v) is 13.1. The number of urea groups is 1. The van der Waals surface area contributed by atoms with E-state index in [0.717, 1.165) is 22.0 Å². The van der Waals surface area contributed by atoms with E-state index in [9.17, 15) is 9.59 Å². The smallest absolute Gasteiger partial charge is 0.322 e. The van der Waals surface area contributed by atoms with Crippen molar-refractivity contribution in [3.63, 3.8) is 0 Å². The summed E-state index contributed by atoms with van der Waals surface area (Å²) in [6, 6.07) is 22.7. The van der Waals surface area contributed by atoms with E-state index in [4.69, 9.17) is 23.2 Å². The van der Waals surface area contributed by atoms with E-state index in [-0.39, 0.29) is 17.5 Å². The molecule has 0 aliphatic carbocycles. The Morgan fingerprint density at radius 3 is 2.43 bits per heavy atom. The third-order valence-electron chi connectivity index (χ3n) is 6.19. The summed E-state index contributed by atoms with van der Waals surface area (Å²) < 4.78 is 0. The molecule has 0 aliphatic rings. The molecule has 0 aliphatic heterocycles. The molecule has 0 saturated heterocycles. The third-order valence-corrected chi connectivity index (χ3v) is 7.01. The van der Waals surface area contributed by atoms with Crippen molar-refractivity contribution in [1.29, 1.82) is 0 Å². The molecule has 0 saturated carbocycles. The molecule has 0 spiro atoms. The number of amides is 3. The van der Waals surface area contributed by atoms with Gasteiger partial charge in [0.15, 0.2) is 0 Å². The summed E-state index contributed by atoms with van der Waals surface area (Å²) in [4.78, 5) is 33.3. The van der Waals surface area contributed by atoms with Crippen molar-refractivity contribution >= 4 is 51.7 Å². The van der Waals surface area contributed by atoms with Gasteiger partial charge < -0.3 is 20.1 Å². The molecule has 0 bridgehead atoms. The molecule has 0 fully saturated rings. The Balaban J connectivity index is 1.49. The van der Waals surface area contributed by atoms with Gasteiger partial charge in [0.2, 0.25) is 5.91 Å². The Morgan fingerprint density at radius 2 is 1.65 bits per heavy atom. The van der Waals surface area contributed by atoms with E-state index < -0.39 is 6.03 Å². The number of halogens is 2. The minimum absolute atomic E-state index is 0.0431. The van der Waals surface area contributed by atoms with Crippen LogP contribution in [0.4, 0.5) is 10.5 Å². The first-order valence-electron chi connectivity index (χ1n) is 12.3. The topological polar surface area (TPSA) is 68.4 Å². The van der Waals surface area contributed by atoms with Crippen LogP contribution in [0.1, 0.15) is 24.5 Å². The van der Waals surface area contributed by atoms with E-state index in [2.05, 4.69) is 16.4 Å². The molecule has 8 heteroatoms. The summed E-state index contributed by atoms with van der Waals surface area (Å²) in [6.07, 6.45) is 3.40. The average molecular weight is 537 g/mol. The highest BCUT2D eigenvalue weighted by molar-refractivity contribution is 6.43. The molecule has 4 aromatic rings. The summed E-state index contributed by atoms with van der Waals surface area (Å²) in [5, 5.41) is 4.57. The van der Waals surface area contributed by atoms with Crippen LogP contribution < -0.4 is 5.32 Å². The number of aromatic amines is 1. The highest BCUT2D eigenvalue weighted by Crippen LogP contribution is 2.29. The van der Waals surface area contributed by atoms with Crippen LogP contribution in [0.2, 0.25) is 10.0 Å². The van der Waals surface area contributed by atoms with Gasteiger partial charge in [-0.2, -0.15) is 0 Å². The van der Waals surface area contributed by atoms with Crippen LogP contribution in [0.3, 0.4) is 0 Å². The van der Waals surface area contributed by atoms with Gasteiger partial charge in [-0.1, -0.05) is 84.7 Å². The molecule has 1 heterocycles. The van der Waals surface area contributed by atoms with E-state index in [0.29, 0.717) is 43.2 Å². The van der Waals surface area contributed by atoms with Crippen molar-refractivity contribution in [3.8, 4) is 0 Å². The lowest BCUT2D eigenvalue weighted by atomic mass is 10.1. The summed E-state index contributed by atoms with van der Waals surface area (Å²) in [5.41, 5.74) is 3.67. The van der Waals surface area contributed by atoms with Crippen LogP contribution in [0, 0.1) is 0 Å². The second kappa shape index (κ2) is 12.7. The number of hydrogen-bond donors (Lipinski definition) is 2. The van der Waals surface area contributed by atoms with Crippen molar-refractivity contribution in [2.45, 2.75) is 26.3 Å². The monoisotopic (exact) mass is 536 g/mol. The molecule has 3 amide bonds. The van der Waals surface area contributed by atoms with Crippen molar-refractivity contribution in [2.75, 3.05) is 25.0 Å². The number of nitrogens with zero attached hydrogens (tertiary/aromatic N) is 2. The van der Waals surface area contributed by atoms with Crippen LogP contribution in [-0.2, 0) is 17.8 Å². The van der Waals surface area contributed by atoms with E-state index in [1.807, 2.05) is 66.6 Å². The Hall–Kier alpha value is -3.48. The fraction of sp³-hybridized carbons (Fsp3) is 0.241. The molecule has 3 aromatic carbocycles. The number of hydrogen-bond acceptors (Lipinski definition) is 2. The zero-order valence-corrected chi connectivity index (χ0v) is 22.2. The molecule has 6 nitrogen and oxygen atoms in total. The van der Waals surface area contributed by atoms with Gasteiger partial charge >= 0.3 is 6.03 Å². The Kier molecular flexibility index (Phi) is 9.09. The molecule has 37 heavy (non-hydrogen) atoms. The van der Waals surface area contributed by atoms with Gasteiger partial charge in [0.1, 0.15) is 6.54 Å². The number of nitrogens with one attached hydrogen (secondary N) is 2. The number of anilines is 1. The fourth-order valence-electron chi connectivity index (χ4n) is 4.27. The maximum atomic E-state index is 13.6. The van der Waals surface area contributed by atoms with Gasteiger partial charge in [0, 0.05) is 36.7 Å². The molecule has 4 rings (SSSR count). The largest absolute Gasteiger partial charge is 0.361 e. The second-order valence-electron chi connectivity index (χ2n) is 8.86.